The quantitative estimate of drug-likeness (QED) is 0.411. The second kappa shape index (κ2) is 6.65. The predicted molar refractivity (Wildman–Crippen MR) is 73.0 cm³/mol. The number of nitrogens with one attached hydrogen (secondary N) is 1. The lowest BCUT2D eigenvalue weighted by molar-refractivity contribution is -0.120. The summed E-state index contributed by atoms with van der Waals surface area (Å²) in [6.45, 7) is 2.63. The highest BCUT2D eigenvalue weighted by Gasteiger charge is 2.17. The van der Waals surface area contributed by atoms with Crippen LogP contribution in [0.2, 0.25) is 0 Å². The van der Waals surface area contributed by atoms with Crippen molar-refractivity contribution in [2.45, 2.75) is 31.9 Å². The van der Waals surface area contributed by atoms with Crippen molar-refractivity contribution in [1.82, 2.24) is 10.3 Å². The topological polar surface area (TPSA) is 78.6 Å². The summed E-state index contributed by atoms with van der Waals surface area (Å²) in [7, 11) is 0. The lowest BCUT2D eigenvalue weighted by Crippen LogP contribution is -2.37. The summed E-state index contributed by atoms with van der Waals surface area (Å²) in [6.07, 6.45) is 2.07. The Morgan fingerprint density at radius 3 is 2.68 bits per heavy atom. The highest BCUT2D eigenvalue weighted by molar-refractivity contribution is 5.77. The molecule has 1 heterocycles. The molecule has 1 aromatic rings. The number of carbonyl (C=O) groups excluding carboxylic acids is 1. The summed E-state index contributed by atoms with van der Waals surface area (Å²) in [4.78, 5) is 13.4. The fraction of sp³-hybridized carbons (Fsp3) is 0.500. The van der Waals surface area contributed by atoms with E-state index in [2.05, 4.69) is 10.3 Å². The number of hydrazine groups is 1. The average molecular weight is 263 g/mol. The Labute approximate surface area is 113 Å². The third kappa shape index (κ3) is 4.31. The van der Waals surface area contributed by atoms with Crippen LogP contribution >= 0.6 is 0 Å². The summed E-state index contributed by atoms with van der Waals surface area (Å²) < 4.78 is 0. The molecule has 1 unspecified atom stereocenters. The lowest BCUT2D eigenvalue weighted by atomic mass is 10.1. The first-order valence-corrected chi connectivity index (χ1v) is 6.65. The van der Waals surface area contributed by atoms with E-state index < -0.39 is 0 Å². The molecule has 1 fully saturated rings. The molecule has 1 aliphatic rings. The predicted octanol–water partition coefficient (Wildman–Crippen LogP) is 0.176. The van der Waals surface area contributed by atoms with Gasteiger partial charge in [0.05, 0.1) is 12.5 Å². The van der Waals surface area contributed by atoms with Gasteiger partial charge in [0.25, 0.3) is 0 Å². The third-order valence-electron chi connectivity index (χ3n) is 3.44. The zero-order valence-electron chi connectivity index (χ0n) is 11.0. The smallest absolute Gasteiger partial charge is 0.238 e. The Balaban J connectivity index is 1.89. The summed E-state index contributed by atoms with van der Waals surface area (Å²) in [5.41, 5.74) is 4.27. The molecule has 1 aromatic carbocycles. The third-order valence-corrected chi connectivity index (χ3v) is 3.44. The average Bonchev–Trinajstić information content (AvgIpc) is 2.41. The summed E-state index contributed by atoms with van der Waals surface area (Å²) >= 11 is 0. The fourth-order valence-electron chi connectivity index (χ4n) is 2.43. The number of nitrogens with two attached hydrogens (primary N) is 1. The molecule has 5 heteroatoms. The largest absolute Gasteiger partial charge is 0.392 e. The van der Waals surface area contributed by atoms with E-state index in [4.69, 9.17) is 5.84 Å². The van der Waals surface area contributed by atoms with Gasteiger partial charge >= 0.3 is 0 Å². The van der Waals surface area contributed by atoms with Crippen molar-refractivity contribution in [2.75, 3.05) is 13.1 Å². The molecule has 4 N–H and O–H groups in total. The molecule has 1 atom stereocenters. The van der Waals surface area contributed by atoms with Gasteiger partial charge in [-0.15, -0.1) is 0 Å². The molecule has 1 amide bonds. The van der Waals surface area contributed by atoms with Gasteiger partial charge in [0.15, 0.2) is 0 Å². The van der Waals surface area contributed by atoms with Crippen molar-refractivity contribution in [3.8, 4) is 0 Å². The maximum absolute atomic E-state index is 11.1. The highest BCUT2D eigenvalue weighted by atomic mass is 16.3. The van der Waals surface area contributed by atoms with Gasteiger partial charge in [-0.3, -0.25) is 15.1 Å². The summed E-state index contributed by atoms with van der Waals surface area (Å²) in [6, 6.07) is 7.95. The molecule has 0 aromatic heterocycles. The number of aliphatic hydroxyl groups is 1. The zero-order valence-corrected chi connectivity index (χ0v) is 11.0. The van der Waals surface area contributed by atoms with Crippen molar-refractivity contribution in [3.63, 3.8) is 0 Å². The molecular formula is C14H21N3O2. The minimum Gasteiger partial charge on any atom is -0.392 e. The SMILES string of the molecule is NNC(=O)Cc1ccc(CN2CCCC(O)C2)cc1. The van der Waals surface area contributed by atoms with Crippen molar-refractivity contribution < 1.29 is 9.90 Å². The van der Waals surface area contributed by atoms with Gasteiger partial charge in [-0.1, -0.05) is 24.3 Å². The number of benzene rings is 1. The standard InChI is InChI=1S/C14H21N3O2/c15-16-14(19)8-11-3-5-12(6-4-11)9-17-7-1-2-13(18)10-17/h3-6,13,18H,1-2,7-10,15H2,(H,16,19). The number of hydrogen-bond acceptors (Lipinski definition) is 4. The fourth-order valence-corrected chi connectivity index (χ4v) is 2.43. The molecule has 19 heavy (non-hydrogen) atoms. The minimum atomic E-state index is -0.193. The van der Waals surface area contributed by atoms with Gasteiger partial charge in [-0.05, 0) is 30.5 Å². The number of carbonyl (C=O) groups is 1. The van der Waals surface area contributed by atoms with Crippen molar-refractivity contribution in [3.05, 3.63) is 35.4 Å². The number of rotatable bonds is 4. The second-order valence-electron chi connectivity index (χ2n) is 5.09. The van der Waals surface area contributed by atoms with E-state index >= 15 is 0 Å². The molecule has 1 aliphatic heterocycles. The van der Waals surface area contributed by atoms with Gasteiger partial charge in [-0.2, -0.15) is 0 Å². The number of piperidine rings is 1. The van der Waals surface area contributed by atoms with Crippen LogP contribution in [0.5, 0.6) is 0 Å². The van der Waals surface area contributed by atoms with Crippen LogP contribution in [0.1, 0.15) is 24.0 Å². The van der Waals surface area contributed by atoms with E-state index in [-0.39, 0.29) is 12.0 Å². The van der Waals surface area contributed by atoms with E-state index in [1.165, 1.54) is 5.56 Å². The molecule has 0 aliphatic carbocycles. The number of nitrogens with zero attached hydrogens (tertiary/aromatic N) is 1. The van der Waals surface area contributed by atoms with Crippen molar-refractivity contribution in [1.29, 1.82) is 0 Å². The Morgan fingerprint density at radius 1 is 1.37 bits per heavy atom. The molecule has 0 bridgehead atoms. The summed E-state index contributed by atoms with van der Waals surface area (Å²) in [5, 5.41) is 9.63. The van der Waals surface area contributed by atoms with Crippen LogP contribution in [0.4, 0.5) is 0 Å². The molecule has 2 rings (SSSR count). The molecule has 1 saturated heterocycles. The molecule has 0 spiro atoms. The number of hydrogen-bond donors (Lipinski definition) is 3. The van der Waals surface area contributed by atoms with E-state index in [9.17, 15) is 9.90 Å². The van der Waals surface area contributed by atoms with Crippen LogP contribution in [-0.2, 0) is 17.8 Å². The van der Waals surface area contributed by atoms with E-state index in [1.807, 2.05) is 24.3 Å². The van der Waals surface area contributed by atoms with E-state index in [0.29, 0.717) is 6.42 Å². The number of amides is 1. The van der Waals surface area contributed by atoms with Crippen molar-refractivity contribution in [2.24, 2.45) is 5.84 Å². The zero-order chi connectivity index (χ0) is 13.7. The van der Waals surface area contributed by atoms with Crippen LogP contribution in [0.25, 0.3) is 0 Å². The monoisotopic (exact) mass is 263 g/mol. The van der Waals surface area contributed by atoms with Crippen LogP contribution < -0.4 is 11.3 Å². The first kappa shape index (κ1) is 14.0. The van der Waals surface area contributed by atoms with Gasteiger partial charge in [0.2, 0.25) is 5.91 Å². The Bertz CT molecular complexity index is 419. The molecule has 0 saturated carbocycles. The van der Waals surface area contributed by atoms with Crippen molar-refractivity contribution >= 4 is 5.91 Å². The Morgan fingerprint density at radius 2 is 2.05 bits per heavy atom. The van der Waals surface area contributed by atoms with E-state index in [0.717, 1.165) is 38.0 Å². The number of β-amino-alcohol motifs (C(OH)–C–C–N with tert-alkyl or cyclic N) is 1. The highest BCUT2D eigenvalue weighted by Crippen LogP contribution is 2.14. The van der Waals surface area contributed by atoms with Gasteiger partial charge in [-0.25, -0.2) is 5.84 Å². The van der Waals surface area contributed by atoms with Crippen LogP contribution in [-0.4, -0.2) is 35.1 Å². The lowest BCUT2D eigenvalue weighted by Gasteiger charge is -2.29. The van der Waals surface area contributed by atoms with Gasteiger partial charge in [0.1, 0.15) is 0 Å². The Hall–Kier alpha value is -1.43. The Kier molecular flexibility index (Phi) is 4.90. The summed E-state index contributed by atoms with van der Waals surface area (Å²) in [5.74, 6) is 4.87. The maximum atomic E-state index is 11.1. The second-order valence-corrected chi connectivity index (χ2v) is 5.09. The van der Waals surface area contributed by atoms with Crippen LogP contribution in [0.3, 0.4) is 0 Å². The molecule has 104 valence electrons. The first-order valence-electron chi connectivity index (χ1n) is 6.65. The maximum Gasteiger partial charge on any atom is 0.238 e. The number of aliphatic hydroxyl groups excluding tert-OH is 1. The van der Waals surface area contributed by atoms with E-state index in [1.54, 1.807) is 0 Å². The first-order chi connectivity index (χ1) is 9.17. The molecular weight excluding hydrogens is 242 g/mol. The van der Waals surface area contributed by atoms with Crippen LogP contribution in [0, 0.1) is 0 Å². The number of likely N-dealkylation sites (tertiary alicyclic amines) is 1. The van der Waals surface area contributed by atoms with Crippen LogP contribution in [0.15, 0.2) is 24.3 Å². The molecule has 0 radical (unpaired) electrons. The van der Waals surface area contributed by atoms with Gasteiger partial charge in [0, 0.05) is 13.1 Å². The van der Waals surface area contributed by atoms with Gasteiger partial charge < -0.3 is 5.11 Å². The molecule has 5 nitrogen and oxygen atoms in total. The normalized spacial score (nSPS) is 20.2. The minimum absolute atomic E-state index is 0.188.